The van der Waals surface area contributed by atoms with Gasteiger partial charge in [-0.05, 0) is 30.3 Å². The summed E-state index contributed by atoms with van der Waals surface area (Å²) < 4.78 is 43.3. The predicted molar refractivity (Wildman–Crippen MR) is 131 cm³/mol. The number of rotatable bonds is 9. The highest BCUT2D eigenvalue weighted by Gasteiger charge is 2.29. The van der Waals surface area contributed by atoms with E-state index in [0.29, 0.717) is 11.4 Å². The quantitative estimate of drug-likeness (QED) is 0.145. The molecular formula is C24H20F3N7O4. The Morgan fingerprint density at radius 1 is 0.947 bits per heavy atom. The Labute approximate surface area is 213 Å². The van der Waals surface area contributed by atoms with Gasteiger partial charge in [0.05, 0.1) is 6.21 Å². The van der Waals surface area contributed by atoms with Crippen LogP contribution < -0.4 is 20.3 Å². The Bertz CT molecular complexity index is 1350. The Kier molecular flexibility index (Phi) is 7.96. The Balaban J connectivity index is 1.72. The number of benzene rings is 3. The first-order valence-corrected chi connectivity index (χ1v) is 10.9. The van der Waals surface area contributed by atoms with Crippen molar-refractivity contribution in [1.29, 1.82) is 0 Å². The van der Waals surface area contributed by atoms with E-state index in [1.54, 1.807) is 65.6 Å². The van der Waals surface area contributed by atoms with E-state index >= 15 is 0 Å². The molecule has 196 valence electrons. The van der Waals surface area contributed by atoms with E-state index in [9.17, 15) is 23.5 Å². The second-order valence-corrected chi connectivity index (χ2v) is 7.57. The van der Waals surface area contributed by atoms with Gasteiger partial charge in [-0.2, -0.15) is 38.5 Å². The lowest BCUT2D eigenvalue weighted by Gasteiger charge is -2.23. The molecule has 14 heteroatoms. The highest BCUT2D eigenvalue weighted by atomic mass is 19.4. The highest BCUT2D eigenvalue weighted by molar-refractivity contribution is 5.85. The third kappa shape index (κ3) is 6.70. The molecule has 1 unspecified atom stereocenters. The Morgan fingerprint density at radius 3 is 2.16 bits per heavy atom. The average Bonchev–Trinajstić information content (AvgIpc) is 2.89. The SMILES string of the molecule is [O-][NH+](O)c1cccc(C=NNc2nc(OCC(F)(F)F)nc(N(c3ccccc3)c3ccccc3)n2)c1O. The molecule has 0 bridgehead atoms. The number of hydrogen-bond donors (Lipinski definition) is 4. The molecule has 11 nitrogen and oxygen atoms in total. The number of nitrogens with zero attached hydrogens (tertiary/aromatic N) is 5. The molecule has 0 aliphatic rings. The van der Waals surface area contributed by atoms with E-state index in [2.05, 4.69) is 25.5 Å². The minimum absolute atomic E-state index is 0.0652. The van der Waals surface area contributed by atoms with Gasteiger partial charge in [-0.3, -0.25) is 4.90 Å². The predicted octanol–water partition coefficient (Wildman–Crippen LogP) is 3.84. The molecule has 0 fully saturated rings. The lowest BCUT2D eigenvalue weighted by Crippen LogP contribution is -2.99. The number of phenols is 1. The largest absolute Gasteiger partial charge is 0.595 e. The number of hydrazone groups is 1. The van der Waals surface area contributed by atoms with Gasteiger partial charge in [-0.1, -0.05) is 42.5 Å². The topological polar surface area (TPSA) is 143 Å². The molecule has 38 heavy (non-hydrogen) atoms. The van der Waals surface area contributed by atoms with Gasteiger partial charge in [0, 0.05) is 23.0 Å². The van der Waals surface area contributed by atoms with E-state index in [1.165, 1.54) is 18.2 Å². The van der Waals surface area contributed by atoms with Gasteiger partial charge in [-0.25, -0.2) is 10.6 Å². The molecule has 0 amide bonds. The first-order chi connectivity index (χ1) is 18.2. The second-order valence-electron chi connectivity index (χ2n) is 7.57. The second kappa shape index (κ2) is 11.5. The van der Waals surface area contributed by atoms with Crippen LogP contribution in [0.25, 0.3) is 0 Å². The number of ether oxygens (including phenoxy) is 1. The molecular weight excluding hydrogens is 507 g/mol. The molecule has 4 aromatic rings. The van der Waals surface area contributed by atoms with Crippen LogP contribution in [0.4, 0.5) is 42.1 Å². The van der Waals surface area contributed by atoms with Crippen LogP contribution in [0.2, 0.25) is 0 Å². The fourth-order valence-electron chi connectivity index (χ4n) is 3.24. The van der Waals surface area contributed by atoms with E-state index in [4.69, 9.17) is 9.94 Å². The van der Waals surface area contributed by atoms with Crippen molar-refractivity contribution in [2.75, 3.05) is 16.9 Å². The number of aromatic hydroxyl groups is 1. The maximum absolute atomic E-state index is 12.8. The van der Waals surface area contributed by atoms with Crippen LogP contribution in [0.15, 0.2) is 84.0 Å². The van der Waals surface area contributed by atoms with E-state index in [-0.39, 0.29) is 23.1 Å². The number of hydrogen-bond acceptors (Lipinski definition) is 10. The van der Waals surface area contributed by atoms with Gasteiger partial charge < -0.3 is 15.1 Å². The van der Waals surface area contributed by atoms with Crippen molar-refractivity contribution >= 4 is 35.2 Å². The summed E-state index contributed by atoms with van der Waals surface area (Å²) in [5.41, 5.74) is 3.41. The Morgan fingerprint density at radius 2 is 1.58 bits per heavy atom. The summed E-state index contributed by atoms with van der Waals surface area (Å²) in [6.07, 6.45) is -3.53. The molecule has 0 aliphatic heterocycles. The fraction of sp³-hybridized carbons (Fsp3) is 0.0833. The third-order valence-corrected chi connectivity index (χ3v) is 4.86. The number of aromatic nitrogens is 3. The number of halogens is 3. The summed E-state index contributed by atoms with van der Waals surface area (Å²) >= 11 is 0. The zero-order valence-corrected chi connectivity index (χ0v) is 19.4. The molecule has 1 heterocycles. The fourth-order valence-corrected chi connectivity index (χ4v) is 3.24. The standard InChI is InChI=1S/C24H20F3N7O4/c25-24(26,27)15-38-23-30-21(32-28-14-16-8-7-13-19(20(16)35)34(36)37)29-22(31-23)33(17-9-3-1-4-10-17)18-11-5-2-6-12-18/h1-14,34-36H,15H2,(H,29,30,31,32). The van der Waals surface area contributed by atoms with Crippen LogP contribution in [0.5, 0.6) is 11.8 Å². The monoisotopic (exact) mass is 527 g/mol. The number of para-hydroxylation sites is 3. The van der Waals surface area contributed by atoms with E-state index < -0.39 is 29.8 Å². The van der Waals surface area contributed by atoms with Crippen molar-refractivity contribution in [2.24, 2.45) is 5.10 Å². The number of phenolic OH excluding ortho intramolecular Hbond substituents is 1. The number of anilines is 4. The van der Waals surface area contributed by atoms with Gasteiger partial charge in [0.2, 0.25) is 11.6 Å². The molecule has 0 radical (unpaired) electrons. The molecule has 0 saturated carbocycles. The van der Waals surface area contributed by atoms with Crippen molar-refractivity contribution in [3.05, 3.63) is 89.6 Å². The number of nitrogens with one attached hydrogen (secondary N) is 2. The molecule has 1 aromatic heterocycles. The van der Waals surface area contributed by atoms with Crippen LogP contribution in [0, 0.1) is 5.21 Å². The summed E-state index contributed by atoms with van der Waals surface area (Å²) in [6.45, 7) is -1.63. The first-order valence-electron chi connectivity index (χ1n) is 10.9. The van der Waals surface area contributed by atoms with Crippen LogP contribution in [0.3, 0.4) is 0 Å². The van der Waals surface area contributed by atoms with Gasteiger partial charge in [0.15, 0.2) is 12.4 Å². The number of alkyl halides is 3. The third-order valence-electron chi connectivity index (χ3n) is 4.86. The highest BCUT2D eigenvalue weighted by Crippen LogP contribution is 2.33. The molecule has 0 saturated heterocycles. The summed E-state index contributed by atoms with van der Waals surface area (Å²) in [7, 11) is 0. The van der Waals surface area contributed by atoms with Crippen molar-refractivity contribution in [3.8, 4) is 11.8 Å². The summed E-state index contributed by atoms with van der Waals surface area (Å²) in [6, 6.07) is 21.2. The molecule has 0 spiro atoms. The maximum atomic E-state index is 12.8. The molecule has 4 rings (SSSR count). The smallest absolute Gasteiger partial charge is 0.422 e. The zero-order chi connectivity index (χ0) is 27.1. The van der Waals surface area contributed by atoms with E-state index in [0.717, 1.165) is 6.21 Å². The van der Waals surface area contributed by atoms with Crippen LogP contribution >= 0.6 is 0 Å². The lowest BCUT2D eigenvalue weighted by atomic mass is 10.2. The van der Waals surface area contributed by atoms with Crippen LogP contribution in [-0.2, 0) is 0 Å². The molecule has 0 aliphatic carbocycles. The van der Waals surface area contributed by atoms with Gasteiger partial charge in [0.25, 0.3) is 5.95 Å². The normalized spacial score (nSPS) is 12.3. The minimum atomic E-state index is -4.64. The van der Waals surface area contributed by atoms with Crippen molar-refractivity contribution in [1.82, 2.24) is 15.0 Å². The molecule has 1 atom stereocenters. The van der Waals surface area contributed by atoms with Gasteiger partial charge in [-0.15, -0.1) is 0 Å². The van der Waals surface area contributed by atoms with Crippen LogP contribution in [0.1, 0.15) is 5.56 Å². The van der Waals surface area contributed by atoms with Crippen molar-refractivity contribution in [2.45, 2.75) is 6.18 Å². The van der Waals surface area contributed by atoms with Crippen molar-refractivity contribution < 1.29 is 33.4 Å². The summed E-state index contributed by atoms with van der Waals surface area (Å²) in [5.74, 6) is -0.854. The summed E-state index contributed by atoms with van der Waals surface area (Å²) in [4.78, 5) is 13.8. The minimum Gasteiger partial charge on any atom is -0.595 e. The van der Waals surface area contributed by atoms with Gasteiger partial charge in [0.1, 0.15) is 0 Å². The lowest BCUT2D eigenvalue weighted by molar-refractivity contribution is -0.991. The maximum Gasteiger partial charge on any atom is 0.422 e. The van der Waals surface area contributed by atoms with E-state index in [1.807, 2.05) is 0 Å². The van der Waals surface area contributed by atoms with Crippen molar-refractivity contribution in [3.63, 3.8) is 0 Å². The zero-order valence-electron chi connectivity index (χ0n) is 19.4. The average molecular weight is 527 g/mol. The molecule has 3 aromatic carbocycles. The first kappa shape index (κ1) is 26.3. The Hall–Kier alpha value is -4.79. The van der Waals surface area contributed by atoms with Crippen LogP contribution in [-0.4, -0.2) is 44.3 Å². The summed E-state index contributed by atoms with van der Waals surface area (Å²) in [5, 5.41) is 33.1. The number of quaternary nitrogens is 1. The molecule has 4 N–H and O–H groups in total. The van der Waals surface area contributed by atoms with Gasteiger partial charge >= 0.3 is 12.2 Å².